The average molecular weight is 308 g/mol. The number of nitrogens with zero attached hydrogens (tertiary/aromatic N) is 2. The van der Waals surface area contributed by atoms with Gasteiger partial charge < -0.3 is 5.32 Å². The molecule has 0 spiro atoms. The van der Waals surface area contributed by atoms with Crippen molar-refractivity contribution in [2.24, 2.45) is 0 Å². The van der Waals surface area contributed by atoms with Crippen molar-refractivity contribution < 1.29 is 9.18 Å². The first-order chi connectivity index (χ1) is 9.66. The maximum atomic E-state index is 13.6. The molecule has 0 atom stereocenters. The Kier molecular flexibility index (Phi) is 3.33. The van der Waals surface area contributed by atoms with Gasteiger partial charge in [-0.25, -0.2) is 4.39 Å². The van der Waals surface area contributed by atoms with Crippen molar-refractivity contribution in [3.8, 4) is 0 Å². The molecule has 0 aliphatic rings. The topological polar surface area (TPSA) is 54.9 Å². The van der Waals surface area contributed by atoms with E-state index in [-0.39, 0.29) is 5.56 Å². The third-order valence-electron chi connectivity index (χ3n) is 2.73. The van der Waals surface area contributed by atoms with E-state index < -0.39 is 11.7 Å². The van der Waals surface area contributed by atoms with Crippen LogP contribution in [0.25, 0.3) is 11.0 Å². The lowest BCUT2D eigenvalue weighted by atomic mass is 10.2. The second-order valence-electron chi connectivity index (χ2n) is 3.99. The molecule has 0 aliphatic heterocycles. The van der Waals surface area contributed by atoms with Gasteiger partial charge in [-0.1, -0.05) is 23.7 Å². The molecule has 3 rings (SSSR count). The number of carbonyl (C=O) groups is 1. The molecule has 100 valence electrons. The minimum atomic E-state index is -0.593. The fourth-order valence-corrected chi connectivity index (χ4v) is 2.51. The Morgan fingerprint density at radius 1 is 1.20 bits per heavy atom. The van der Waals surface area contributed by atoms with Crippen LogP contribution in [0.15, 0.2) is 36.4 Å². The maximum Gasteiger partial charge on any atom is 0.258 e. The summed E-state index contributed by atoms with van der Waals surface area (Å²) in [6.45, 7) is 0. The minimum Gasteiger partial charge on any atom is -0.319 e. The van der Waals surface area contributed by atoms with Crippen LogP contribution in [0.1, 0.15) is 10.4 Å². The van der Waals surface area contributed by atoms with Gasteiger partial charge in [0.05, 0.1) is 28.0 Å². The van der Waals surface area contributed by atoms with E-state index in [1.165, 1.54) is 18.2 Å². The zero-order chi connectivity index (χ0) is 14.1. The van der Waals surface area contributed by atoms with Gasteiger partial charge in [-0.15, -0.1) is 0 Å². The summed E-state index contributed by atoms with van der Waals surface area (Å²) in [5.74, 6) is -1.17. The van der Waals surface area contributed by atoms with E-state index in [1.807, 2.05) is 0 Å². The van der Waals surface area contributed by atoms with Gasteiger partial charge in [0.2, 0.25) is 0 Å². The second-order valence-corrected chi connectivity index (χ2v) is 4.92. The summed E-state index contributed by atoms with van der Waals surface area (Å²) in [7, 11) is 0. The molecular weight excluding hydrogens is 301 g/mol. The fraction of sp³-hybridized carbons (Fsp3) is 0. The Hall–Kier alpha value is -2.05. The lowest BCUT2D eigenvalue weighted by Gasteiger charge is -2.08. The van der Waals surface area contributed by atoms with Gasteiger partial charge >= 0.3 is 0 Å². The zero-order valence-corrected chi connectivity index (χ0v) is 11.5. The molecule has 1 N–H and O–H groups in total. The Morgan fingerprint density at radius 3 is 2.80 bits per heavy atom. The first-order valence-electron chi connectivity index (χ1n) is 5.63. The van der Waals surface area contributed by atoms with Crippen LogP contribution >= 0.6 is 23.3 Å². The number of hydrogen-bond donors (Lipinski definition) is 1. The van der Waals surface area contributed by atoms with E-state index in [1.54, 1.807) is 18.2 Å². The van der Waals surface area contributed by atoms with Crippen molar-refractivity contribution in [3.05, 3.63) is 52.8 Å². The van der Waals surface area contributed by atoms with Gasteiger partial charge in [-0.05, 0) is 24.3 Å². The molecule has 0 saturated heterocycles. The van der Waals surface area contributed by atoms with E-state index in [4.69, 9.17) is 11.6 Å². The Balaban J connectivity index is 2.01. The standard InChI is InChI=1S/C13H7ClFN3OS/c14-8-5-6-10-12(18-20-17-10)11(8)16-13(19)7-3-1-2-4-9(7)15/h1-6H,(H,16,19). The number of aromatic nitrogens is 2. The molecule has 0 saturated carbocycles. The Bertz CT molecular complexity index is 805. The van der Waals surface area contributed by atoms with Crippen molar-refractivity contribution >= 4 is 46.0 Å². The summed E-state index contributed by atoms with van der Waals surface area (Å²) in [6, 6.07) is 9.05. The Morgan fingerprint density at radius 2 is 2.00 bits per heavy atom. The summed E-state index contributed by atoms with van der Waals surface area (Å²) in [5, 5.41) is 2.92. The van der Waals surface area contributed by atoms with Gasteiger partial charge in [0.15, 0.2) is 0 Å². The van der Waals surface area contributed by atoms with Crippen LogP contribution in [-0.2, 0) is 0 Å². The van der Waals surface area contributed by atoms with Gasteiger partial charge in [0.25, 0.3) is 5.91 Å². The first kappa shape index (κ1) is 13.0. The number of benzene rings is 2. The van der Waals surface area contributed by atoms with Crippen LogP contribution < -0.4 is 5.32 Å². The molecule has 0 bridgehead atoms. The van der Waals surface area contributed by atoms with E-state index in [2.05, 4.69) is 14.1 Å². The highest BCUT2D eigenvalue weighted by atomic mass is 35.5. The molecule has 0 unspecified atom stereocenters. The van der Waals surface area contributed by atoms with E-state index >= 15 is 0 Å². The highest BCUT2D eigenvalue weighted by Gasteiger charge is 2.16. The first-order valence-corrected chi connectivity index (χ1v) is 6.74. The van der Waals surface area contributed by atoms with Crippen LogP contribution in [0.3, 0.4) is 0 Å². The van der Waals surface area contributed by atoms with E-state index in [0.717, 1.165) is 11.7 Å². The fourth-order valence-electron chi connectivity index (χ4n) is 1.77. The van der Waals surface area contributed by atoms with Gasteiger partial charge in [-0.2, -0.15) is 8.75 Å². The van der Waals surface area contributed by atoms with Crippen LogP contribution in [0.5, 0.6) is 0 Å². The highest BCUT2D eigenvalue weighted by Crippen LogP contribution is 2.30. The summed E-state index contributed by atoms with van der Waals surface area (Å²) in [5.41, 5.74) is 1.41. The number of nitrogens with one attached hydrogen (secondary N) is 1. The Labute approximate surface area is 122 Å². The van der Waals surface area contributed by atoms with E-state index in [0.29, 0.717) is 21.7 Å². The van der Waals surface area contributed by atoms with Crippen molar-refractivity contribution in [1.29, 1.82) is 0 Å². The van der Waals surface area contributed by atoms with Crippen LogP contribution in [0.4, 0.5) is 10.1 Å². The highest BCUT2D eigenvalue weighted by molar-refractivity contribution is 7.00. The molecule has 20 heavy (non-hydrogen) atoms. The molecule has 1 heterocycles. The van der Waals surface area contributed by atoms with Gasteiger partial charge in [0, 0.05) is 0 Å². The lowest BCUT2D eigenvalue weighted by Crippen LogP contribution is -2.14. The number of amides is 1. The van der Waals surface area contributed by atoms with Crippen LogP contribution in [-0.4, -0.2) is 14.7 Å². The molecule has 4 nitrogen and oxygen atoms in total. The molecular formula is C13H7ClFN3OS. The van der Waals surface area contributed by atoms with Gasteiger partial charge in [-0.3, -0.25) is 4.79 Å². The molecule has 0 aliphatic carbocycles. The van der Waals surface area contributed by atoms with Crippen LogP contribution in [0.2, 0.25) is 5.02 Å². The van der Waals surface area contributed by atoms with Crippen molar-refractivity contribution in [2.45, 2.75) is 0 Å². The summed E-state index contributed by atoms with van der Waals surface area (Å²) >= 11 is 7.08. The molecule has 0 fully saturated rings. The quantitative estimate of drug-likeness (QED) is 0.784. The van der Waals surface area contributed by atoms with Crippen molar-refractivity contribution in [2.75, 3.05) is 5.32 Å². The number of fused-ring (bicyclic) bond motifs is 1. The second kappa shape index (κ2) is 5.15. The van der Waals surface area contributed by atoms with E-state index in [9.17, 15) is 9.18 Å². The van der Waals surface area contributed by atoms with Gasteiger partial charge in [0.1, 0.15) is 16.9 Å². The number of anilines is 1. The predicted molar refractivity (Wildman–Crippen MR) is 76.8 cm³/mol. The lowest BCUT2D eigenvalue weighted by molar-refractivity contribution is 0.102. The number of carbonyl (C=O) groups excluding carboxylic acids is 1. The summed E-state index contributed by atoms with van der Waals surface area (Å²) in [6.07, 6.45) is 0. The zero-order valence-electron chi connectivity index (χ0n) is 9.93. The predicted octanol–water partition coefficient (Wildman–Crippen LogP) is 3.74. The molecule has 2 aromatic carbocycles. The molecule has 3 aromatic rings. The summed E-state index contributed by atoms with van der Waals surface area (Å²) in [4.78, 5) is 12.1. The summed E-state index contributed by atoms with van der Waals surface area (Å²) < 4.78 is 21.7. The third-order valence-corrected chi connectivity index (χ3v) is 3.59. The molecule has 1 amide bonds. The largest absolute Gasteiger partial charge is 0.319 e. The van der Waals surface area contributed by atoms with Crippen molar-refractivity contribution in [1.82, 2.24) is 8.75 Å². The molecule has 0 radical (unpaired) electrons. The number of rotatable bonds is 2. The minimum absolute atomic E-state index is 0.0521. The monoisotopic (exact) mass is 307 g/mol. The molecule has 1 aromatic heterocycles. The van der Waals surface area contributed by atoms with Crippen molar-refractivity contribution in [3.63, 3.8) is 0 Å². The van der Waals surface area contributed by atoms with Crippen LogP contribution in [0, 0.1) is 5.82 Å². The number of hydrogen-bond acceptors (Lipinski definition) is 4. The average Bonchev–Trinajstić information content (AvgIpc) is 2.91. The number of halogens is 2. The maximum absolute atomic E-state index is 13.6. The smallest absolute Gasteiger partial charge is 0.258 e. The molecule has 7 heteroatoms. The SMILES string of the molecule is O=C(Nc1c(Cl)ccc2nsnc12)c1ccccc1F. The normalized spacial score (nSPS) is 10.7. The third kappa shape index (κ3) is 2.23.